The van der Waals surface area contributed by atoms with Crippen molar-refractivity contribution >= 4 is 10.0 Å². The molecule has 102 valence electrons. The van der Waals surface area contributed by atoms with Crippen molar-refractivity contribution in [2.75, 3.05) is 26.7 Å². The van der Waals surface area contributed by atoms with Gasteiger partial charge in [0.25, 0.3) is 0 Å². The van der Waals surface area contributed by atoms with E-state index in [1.54, 1.807) is 19.2 Å². The molecule has 0 aliphatic heterocycles. The molecule has 1 aromatic rings. The summed E-state index contributed by atoms with van der Waals surface area (Å²) in [6.45, 7) is 6.23. The van der Waals surface area contributed by atoms with Crippen molar-refractivity contribution < 1.29 is 8.42 Å². The number of rotatable bonds is 7. The van der Waals surface area contributed by atoms with Gasteiger partial charge in [-0.05, 0) is 37.2 Å². The van der Waals surface area contributed by atoms with Crippen LogP contribution in [0.4, 0.5) is 0 Å². The zero-order chi connectivity index (χ0) is 13.6. The largest absolute Gasteiger partial charge is 0.317 e. The molecule has 1 rings (SSSR count). The molecule has 0 aromatic heterocycles. The first-order chi connectivity index (χ1) is 8.52. The molecule has 1 aromatic carbocycles. The summed E-state index contributed by atoms with van der Waals surface area (Å²) >= 11 is 0. The van der Waals surface area contributed by atoms with Crippen molar-refractivity contribution in [3.63, 3.8) is 0 Å². The minimum atomic E-state index is -3.31. The lowest BCUT2D eigenvalue weighted by molar-refractivity contribution is 0.486. The highest BCUT2D eigenvalue weighted by Crippen LogP contribution is 2.15. The SMILES string of the molecule is CCNCCc1ccc(S(=O)(=O)N(C)CC)cc1. The van der Waals surface area contributed by atoms with Crippen LogP contribution in [0.25, 0.3) is 0 Å². The zero-order valence-electron chi connectivity index (χ0n) is 11.3. The molecular formula is C13H22N2O2S. The Morgan fingerprint density at radius 3 is 2.28 bits per heavy atom. The first-order valence-electron chi connectivity index (χ1n) is 6.28. The second-order valence-corrected chi connectivity index (χ2v) is 6.21. The number of hydrogen-bond donors (Lipinski definition) is 1. The van der Waals surface area contributed by atoms with Crippen molar-refractivity contribution in [1.29, 1.82) is 0 Å². The van der Waals surface area contributed by atoms with Gasteiger partial charge in [-0.15, -0.1) is 0 Å². The fraction of sp³-hybridized carbons (Fsp3) is 0.538. The molecule has 0 heterocycles. The van der Waals surface area contributed by atoms with Crippen LogP contribution in [-0.4, -0.2) is 39.4 Å². The van der Waals surface area contributed by atoms with E-state index < -0.39 is 10.0 Å². The Balaban J connectivity index is 2.77. The summed E-state index contributed by atoms with van der Waals surface area (Å²) in [7, 11) is -1.72. The molecule has 0 saturated heterocycles. The van der Waals surface area contributed by atoms with Crippen LogP contribution in [0.1, 0.15) is 19.4 Å². The third-order valence-electron chi connectivity index (χ3n) is 2.92. The van der Waals surface area contributed by atoms with E-state index >= 15 is 0 Å². The predicted octanol–water partition coefficient (Wildman–Crippen LogP) is 1.48. The molecule has 0 spiro atoms. The summed E-state index contributed by atoms with van der Waals surface area (Å²) in [5, 5.41) is 3.24. The molecule has 0 fully saturated rings. The second kappa shape index (κ2) is 6.87. The molecule has 0 atom stereocenters. The molecule has 0 saturated carbocycles. The van der Waals surface area contributed by atoms with Gasteiger partial charge in [0, 0.05) is 13.6 Å². The van der Waals surface area contributed by atoms with Crippen LogP contribution in [0.3, 0.4) is 0 Å². The van der Waals surface area contributed by atoms with Crippen LogP contribution in [0.2, 0.25) is 0 Å². The summed E-state index contributed by atoms with van der Waals surface area (Å²) in [5.74, 6) is 0. The number of nitrogens with one attached hydrogen (secondary N) is 1. The third-order valence-corrected chi connectivity index (χ3v) is 4.86. The van der Waals surface area contributed by atoms with Crippen LogP contribution in [0.5, 0.6) is 0 Å². The van der Waals surface area contributed by atoms with Crippen molar-refractivity contribution in [2.45, 2.75) is 25.2 Å². The lowest BCUT2D eigenvalue weighted by atomic mass is 10.1. The Bertz CT molecular complexity index is 454. The van der Waals surface area contributed by atoms with Gasteiger partial charge >= 0.3 is 0 Å². The topological polar surface area (TPSA) is 49.4 Å². The Morgan fingerprint density at radius 1 is 1.17 bits per heavy atom. The molecular weight excluding hydrogens is 248 g/mol. The molecule has 18 heavy (non-hydrogen) atoms. The van der Waals surface area contributed by atoms with Gasteiger partial charge in [-0.25, -0.2) is 12.7 Å². The predicted molar refractivity (Wildman–Crippen MR) is 74.2 cm³/mol. The molecule has 5 heteroatoms. The first kappa shape index (κ1) is 15.1. The standard InChI is InChI=1S/C13H22N2O2S/c1-4-14-11-10-12-6-8-13(9-7-12)18(16,17)15(3)5-2/h6-9,14H,4-5,10-11H2,1-3H3. The smallest absolute Gasteiger partial charge is 0.242 e. The highest BCUT2D eigenvalue weighted by atomic mass is 32.2. The monoisotopic (exact) mass is 270 g/mol. The number of likely N-dealkylation sites (N-methyl/N-ethyl adjacent to an activating group) is 1. The van der Waals surface area contributed by atoms with Gasteiger partial charge < -0.3 is 5.32 Å². The molecule has 0 unspecified atom stereocenters. The van der Waals surface area contributed by atoms with Crippen LogP contribution in [-0.2, 0) is 16.4 Å². The van der Waals surface area contributed by atoms with E-state index in [1.165, 1.54) is 4.31 Å². The van der Waals surface area contributed by atoms with Crippen LogP contribution in [0.15, 0.2) is 29.2 Å². The maximum atomic E-state index is 12.0. The van der Waals surface area contributed by atoms with E-state index in [0.29, 0.717) is 11.4 Å². The lowest BCUT2D eigenvalue weighted by Crippen LogP contribution is -2.26. The molecule has 0 aliphatic carbocycles. The van der Waals surface area contributed by atoms with Crippen molar-refractivity contribution in [2.24, 2.45) is 0 Å². The van der Waals surface area contributed by atoms with Gasteiger partial charge in [0.15, 0.2) is 0 Å². The highest BCUT2D eigenvalue weighted by Gasteiger charge is 2.18. The maximum Gasteiger partial charge on any atom is 0.242 e. The third kappa shape index (κ3) is 3.80. The average Bonchev–Trinajstić information content (AvgIpc) is 2.38. The number of benzene rings is 1. The minimum Gasteiger partial charge on any atom is -0.317 e. The van der Waals surface area contributed by atoms with Crippen molar-refractivity contribution in [1.82, 2.24) is 9.62 Å². The van der Waals surface area contributed by atoms with Crippen LogP contribution < -0.4 is 5.32 Å². The summed E-state index contributed by atoms with van der Waals surface area (Å²) in [6, 6.07) is 7.13. The van der Waals surface area contributed by atoms with Gasteiger partial charge in [-0.1, -0.05) is 26.0 Å². The van der Waals surface area contributed by atoms with E-state index in [4.69, 9.17) is 0 Å². The van der Waals surface area contributed by atoms with Gasteiger partial charge in [-0.2, -0.15) is 0 Å². The second-order valence-electron chi connectivity index (χ2n) is 4.17. The number of hydrogen-bond acceptors (Lipinski definition) is 3. The van der Waals surface area contributed by atoms with Gasteiger partial charge in [0.05, 0.1) is 4.90 Å². The van der Waals surface area contributed by atoms with E-state index in [2.05, 4.69) is 12.2 Å². The lowest BCUT2D eigenvalue weighted by Gasteiger charge is -2.15. The summed E-state index contributed by atoms with van der Waals surface area (Å²) in [6.07, 6.45) is 0.914. The van der Waals surface area contributed by atoms with Gasteiger partial charge in [0.2, 0.25) is 10.0 Å². The zero-order valence-corrected chi connectivity index (χ0v) is 12.1. The van der Waals surface area contributed by atoms with E-state index in [0.717, 1.165) is 25.1 Å². The Morgan fingerprint density at radius 2 is 1.78 bits per heavy atom. The number of nitrogens with zero attached hydrogens (tertiary/aromatic N) is 1. The minimum absolute atomic E-state index is 0.360. The average molecular weight is 270 g/mol. The highest BCUT2D eigenvalue weighted by molar-refractivity contribution is 7.89. The summed E-state index contributed by atoms with van der Waals surface area (Å²) < 4.78 is 25.4. The molecule has 4 nitrogen and oxygen atoms in total. The summed E-state index contributed by atoms with van der Waals surface area (Å²) in [5.41, 5.74) is 1.15. The maximum absolute atomic E-state index is 12.0. The van der Waals surface area contributed by atoms with Gasteiger partial charge in [0.1, 0.15) is 0 Å². The fourth-order valence-corrected chi connectivity index (χ4v) is 2.77. The summed E-state index contributed by atoms with van der Waals surface area (Å²) in [4.78, 5) is 0.360. The molecule has 0 radical (unpaired) electrons. The van der Waals surface area contributed by atoms with Crippen LogP contribution >= 0.6 is 0 Å². The quantitative estimate of drug-likeness (QED) is 0.764. The van der Waals surface area contributed by atoms with E-state index in [1.807, 2.05) is 19.1 Å². The van der Waals surface area contributed by atoms with Crippen molar-refractivity contribution in [3.8, 4) is 0 Å². The molecule has 1 N–H and O–H groups in total. The molecule has 0 bridgehead atoms. The van der Waals surface area contributed by atoms with E-state index in [-0.39, 0.29) is 0 Å². The van der Waals surface area contributed by atoms with E-state index in [9.17, 15) is 8.42 Å². The Hall–Kier alpha value is -0.910. The molecule has 0 aliphatic rings. The first-order valence-corrected chi connectivity index (χ1v) is 7.72. The normalized spacial score (nSPS) is 12.0. The Kier molecular flexibility index (Phi) is 5.78. The van der Waals surface area contributed by atoms with Crippen molar-refractivity contribution in [3.05, 3.63) is 29.8 Å². The Labute approximate surface area is 110 Å². The molecule has 0 amide bonds. The number of sulfonamides is 1. The van der Waals surface area contributed by atoms with Crippen LogP contribution in [0, 0.1) is 0 Å². The van der Waals surface area contributed by atoms with Gasteiger partial charge in [-0.3, -0.25) is 0 Å². The fourth-order valence-electron chi connectivity index (χ4n) is 1.59.